The number of carbonyl (C=O) groups excluding carboxylic acids is 1. The molecule has 2 aromatic heterocycles. The predicted molar refractivity (Wildman–Crippen MR) is 109 cm³/mol. The molecule has 6 nitrogen and oxygen atoms in total. The van der Waals surface area contributed by atoms with Crippen molar-refractivity contribution in [1.29, 1.82) is 0 Å². The number of nitrogens with zero attached hydrogens (tertiary/aromatic N) is 4. The van der Waals surface area contributed by atoms with Gasteiger partial charge in [0.15, 0.2) is 5.65 Å². The van der Waals surface area contributed by atoms with Crippen molar-refractivity contribution >= 4 is 11.7 Å². The average molecular weight is 438 g/mol. The highest BCUT2D eigenvalue weighted by molar-refractivity contribution is 5.68. The maximum atomic E-state index is 13.0. The number of aryl methyl sites for hydroxylation is 1. The molecule has 1 saturated carbocycles. The average Bonchev–Trinajstić information content (AvgIpc) is 3.16. The van der Waals surface area contributed by atoms with Crippen molar-refractivity contribution in [3.8, 4) is 0 Å². The molecule has 2 aromatic rings. The molecule has 170 valence electrons. The molecule has 31 heavy (non-hydrogen) atoms. The zero-order chi connectivity index (χ0) is 22.3. The van der Waals surface area contributed by atoms with Crippen molar-refractivity contribution in [2.75, 3.05) is 13.7 Å². The van der Waals surface area contributed by atoms with E-state index in [1.165, 1.54) is 7.11 Å². The molecule has 2 atom stereocenters. The summed E-state index contributed by atoms with van der Waals surface area (Å²) < 4.78 is 45.9. The highest BCUT2D eigenvalue weighted by Crippen LogP contribution is 2.43. The number of fused-ring (bicyclic) bond motifs is 1. The van der Waals surface area contributed by atoms with E-state index in [0.29, 0.717) is 25.0 Å². The number of aromatic nitrogens is 3. The largest absolute Gasteiger partial charge is 0.453 e. The van der Waals surface area contributed by atoms with Gasteiger partial charge in [-0.1, -0.05) is 0 Å². The third kappa shape index (κ3) is 4.23. The number of methoxy groups -OCH3 is 1. The third-order valence-corrected chi connectivity index (χ3v) is 6.99. The van der Waals surface area contributed by atoms with E-state index in [0.717, 1.165) is 29.9 Å². The quantitative estimate of drug-likeness (QED) is 0.646. The number of amides is 1. The Bertz CT molecular complexity index is 950. The summed E-state index contributed by atoms with van der Waals surface area (Å²) in [4.78, 5) is 18.5. The first-order valence-corrected chi connectivity index (χ1v) is 11.0. The fourth-order valence-corrected chi connectivity index (χ4v) is 5.24. The summed E-state index contributed by atoms with van der Waals surface area (Å²) >= 11 is 0. The Labute approximate surface area is 179 Å². The molecule has 2 fully saturated rings. The lowest BCUT2D eigenvalue weighted by Gasteiger charge is -2.38. The zero-order valence-electron chi connectivity index (χ0n) is 18.2. The Kier molecular flexibility index (Phi) is 5.87. The van der Waals surface area contributed by atoms with Crippen LogP contribution < -0.4 is 0 Å². The van der Waals surface area contributed by atoms with Crippen LogP contribution in [0.15, 0.2) is 12.1 Å². The second-order valence-electron chi connectivity index (χ2n) is 8.90. The van der Waals surface area contributed by atoms with Crippen molar-refractivity contribution in [2.24, 2.45) is 5.92 Å². The number of likely N-dealkylation sites (tertiary alicyclic amines) is 1. The summed E-state index contributed by atoms with van der Waals surface area (Å²) in [6, 6.07) is 3.87. The molecular formula is C22H29F3N4O2. The smallest absolute Gasteiger partial charge is 0.409 e. The normalized spacial score (nSPS) is 27.5. The first kappa shape index (κ1) is 21.9. The van der Waals surface area contributed by atoms with E-state index in [1.807, 2.05) is 30.5 Å². The summed E-state index contributed by atoms with van der Waals surface area (Å²) in [6.07, 6.45) is -1.40. The Balaban J connectivity index is 1.62. The minimum absolute atomic E-state index is 0.0174. The maximum Gasteiger partial charge on any atom is 0.409 e. The van der Waals surface area contributed by atoms with Crippen LogP contribution >= 0.6 is 0 Å². The first-order valence-electron chi connectivity index (χ1n) is 11.0. The number of hydrogen-bond donors (Lipinski definition) is 0. The summed E-state index contributed by atoms with van der Waals surface area (Å²) in [6.45, 7) is 4.60. The molecule has 0 N–H and O–H groups in total. The molecule has 0 bridgehead atoms. The van der Waals surface area contributed by atoms with Gasteiger partial charge in [-0.15, -0.1) is 0 Å². The van der Waals surface area contributed by atoms with Crippen LogP contribution in [0.2, 0.25) is 0 Å². The van der Waals surface area contributed by atoms with Gasteiger partial charge < -0.3 is 9.64 Å². The number of ether oxygens (including phenoxy) is 1. The molecule has 0 radical (unpaired) electrons. The van der Waals surface area contributed by atoms with Crippen LogP contribution in [0, 0.1) is 12.8 Å². The molecule has 0 aromatic carbocycles. The Morgan fingerprint density at radius 3 is 2.52 bits per heavy atom. The highest BCUT2D eigenvalue weighted by atomic mass is 19.4. The van der Waals surface area contributed by atoms with Crippen LogP contribution in [0.25, 0.3) is 5.65 Å². The lowest BCUT2D eigenvalue weighted by molar-refractivity contribution is -0.182. The zero-order valence-corrected chi connectivity index (χ0v) is 18.2. The van der Waals surface area contributed by atoms with Gasteiger partial charge in [0, 0.05) is 36.2 Å². The van der Waals surface area contributed by atoms with Crippen molar-refractivity contribution < 1.29 is 22.7 Å². The number of piperidine rings is 1. The maximum absolute atomic E-state index is 13.0. The van der Waals surface area contributed by atoms with Gasteiger partial charge in [0.25, 0.3) is 0 Å². The van der Waals surface area contributed by atoms with Gasteiger partial charge >= 0.3 is 12.3 Å². The fraction of sp³-hybridized carbons (Fsp3) is 0.682. The molecule has 1 aliphatic heterocycles. The molecular weight excluding hydrogens is 409 g/mol. The van der Waals surface area contributed by atoms with Crippen LogP contribution in [0.3, 0.4) is 0 Å². The SMILES string of the molecule is COC(=O)N1CCC[C@@H](c2cc(C)nc3cc(C4CCC(C(F)(F)F)CC4)nn23)[C@@H]1C. The van der Waals surface area contributed by atoms with Crippen molar-refractivity contribution in [1.82, 2.24) is 19.5 Å². The molecule has 0 unspecified atom stereocenters. The number of rotatable bonds is 2. The molecule has 2 aliphatic rings. The number of hydrogen-bond acceptors (Lipinski definition) is 4. The van der Waals surface area contributed by atoms with Gasteiger partial charge in [0.2, 0.25) is 0 Å². The lowest BCUT2D eigenvalue weighted by atomic mass is 9.80. The molecule has 1 saturated heterocycles. The van der Waals surface area contributed by atoms with Gasteiger partial charge in [-0.2, -0.15) is 18.3 Å². The Morgan fingerprint density at radius 2 is 1.87 bits per heavy atom. The number of halogens is 3. The van der Waals surface area contributed by atoms with Gasteiger partial charge in [-0.05, 0) is 58.4 Å². The van der Waals surface area contributed by atoms with E-state index in [2.05, 4.69) is 4.98 Å². The standard InChI is InChI=1S/C22H29F3N4O2/c1-13-11-19(17-5-4-10-28(14(17)2)21(30)31-3)29-20(26-13)12-18(27-29)15-6-8-16(9-7-15)22(23,24)25/h11-12,14-17H,4-10H2,1-3H3/t14-,15?,16?,17+/m0/s1. The minimum Gasteiger partial charge on any atom is -0.453 e. The second-order valence-corrected chi connectivity index (χ2v) is 8.90. The van der Waals surface area contributed by atoms with Crippen LogP contribution in [0.4, 0.5) is 18.0 Å². The molecule has 1 aliphatic carbocycles. The van der Waals surface area contributed by atoms with E-state index in [4.69, 9.17) is 9.84 Å². The van der Waals surface area contributed by atoms with E-state index in [1.54, 1.807) is 4.90 Å². The topological polar surface area (TPSA) is 59.7 Å². The minimum atomic E-state index is -4.11. The monoisotopic (exact) mass is 438 g/mol. The Morgan fingerprint density at radius 1 is 1.16 bits per heavy atom. The van der Waals surface area contributed by atoms with E-state index in [9.17, 15) is 18.0 Å². The number of alkyl halides is 3. The summed E-state index contributed by atoms with van der Waals surface area (Å²) in [5.41, 5.74) is 3.37. The van der Waals surface area contributed by atoms with E-state index in [-0.39, 0.29) is 36.8 Å². The molecule has 0 spiro atoms. The van der Waals surface area contributed by atoms with E-state index < -0.39 is 12.1 Å². The molecule has 4 rings (SSSR count). The summed E-state index contributed by atoms with van der Waals surface area (Å²) in [7, 11) is 1.39. The second kappa shape index (κ2) is 8.31. The third-order valence-electron chi connectivity index (χ3n) is 6.99. The first-order chi connectivity index (χ1) is 14.7. The van der Waals surface area contributed by atoms with Crippen LogP contribution in [0.1, 0.15) is 74.4 Å². The Hall–Kier alpha value is -2.32. The highest BCUT2D eigenvalue weighted by Gasteiger charge is 2.42. The van der Waals surface area contributed by atoms with Crippen molar-refractivity contribution in [2.45, 2.75) is 76.4 Å². The van der Waals surface area contributed by atoms with Gasteiger partial charge in [-0.25, -0.2) is 14.3 Å². The summed E-state index contributed by atoms with van der Waals surface area (Å²) in [5, 5.41) is 4.80. The molecule has 3 heterocycles. The van der Waals surface area contributed by atoms with E-state index >= 15 is 0 Å². The van der Waals surface area contributed by atoms with Crippen molar-refractivity contribution in [3.63, 3.8) is 0 Å². The van der Waals surface area contributed by atoms with Gasteiger partial charge in [0.1, 0.15) is 0 Å². The van der Waals surface area contributed by atoms with Gasteiger partial charge in [-0.3, -0.25) is 0 Å². The molecule has 9 heteroatoms. The predicted octanol–water partition coefficient (Wildman–Crippen LogP) is 5.21. The number of carbonyl (C=O) groups is 1. The van der Waals surface area contributed by atoms with Crippen LogP contribution in [-0.4, -0.2) is 51.5 Å². The van der Waals surface area contributed by atoms with Crippen LogP contribution in [0.5, 0.6) is 0 Å². The summed E-state index contributed by atoms with van der Waals surface area (Å²) in [5.74, 6) is -1.11. The fourth-order valence-electron chi connectivity index (χ4n) is 5.24. The van der Waals surface area contributed by atoms with Crippen LogP contribution in [-0.2, 0) is 4.74 Å². The molecule has 1 amide bonds. The van der Waals surface area contributed by atoms with Gasteiger partial charge in [0.05, 0.1) is 24.4 Å². The lowest BCUT2D eigenvalue weighted by Crippen LogP contribution is -2.46. The van der Waals surface area contributed by atoms with Crippen molar-refractivity contribution in [3.05, 3.63) is 29.2 Å².